The van der Waals surface area contributed by atoms with Crippen LogP contribution in [-0.4, -0.2) is 4.70 Å². The maximum Gasteiger partial charge on any atom is 2.00 e. The molecule has 0 N–H and O–H groups in total. The Morgan fingerprint density at radius 1 is 0.532 bits per heavy atom. The fraction of sp³-hybridized carbons (Fsp3) is 0.591. The molecule has 266 valence electrons. The summed E-state index contributed by atoms with van der Waals surface area (Å²) in [4.78, 5) is 0. The third-order valence-electron chi connectivity index (χ3n) is 8.62. The molecule has 2 nitrogen and oxygen atoms in total. The van der Waals surface area contributed by atoms with E-state index < -0.39 is 0 Å². The van der Waals surface area contributed by atoms with Crippen molar-refractivity contribution in [2.75, 3.05) is 0 Å². The third-order valence-corrected chi connectivity index (χ3v) is 8.62. The van der Waals surface area contributed by atoms with E-state index in [2.05, 4.69) is 103 Å². The van der Waals surface area contributed by atoms with E-state index in [1.807, 2.05) is 0 Å². The van der Waals surface area contributed by atoms with Gasteiger partial charge in [-0.1, -0.05) is 142 Å². The Balaban J connectivity index is 0.00000118. The largest absolute Gasteiger partial charge is 2.00 e. The van der Waals surface area contributed by atoms with E-state index in [-0.39, 0.29) is 16.5 Å². The number of benzene rings is 2. The van der Waals surface area contributed by atoms with E-state index in [9.17, 15) is 5.53 Å². The van der Waals surface area contributed by atoms with Crippen LogP contribution in [0, 0.1) is 13.8 Å². The van der Waals surface area contributed by atoms with Crippen LogP contribution in [0.3, 0.4) is 0 Å². The Morgan fingerprint density at radius 3 is 1.49 bits per heavy atom. The van der Waals surface area contributed by atoms with E-state index in [0.717, 1.165) is 67.5 Å². The number of nitrogens with zero attached hydrogens (tertiary/aromatic N) is 2. The van der Waals surface area contributed by atoms with Gasteiger partial charge in [0.15, 0.2) is 0 Å². The zero-order valence-corrected chi connectivity index (χ0v) is 32.2. The molecule has 0 aliphatic carbocycles. The van der Waals surface area contributed by atoms with E-state index >= 15 is 0 Å². The number of aryl methyl sites for hydroxylation is 2. The van der Waals surface area contributed by atoms with E-state index in [1.165, 1.54) is 111 Å². The van der Waals surface area contributed by atoms with Gasteiger partial charge < -0.3 is 19.4 Å². The number of allylic oxidation sites excluding steroid dienone is 2. The molecule has 0 spiro atoms. The molecule has 0 atom stereocenters. The molecule has 47 heavy (non-hydrogen) atoms. The van der Waals surface area contributed by atoms with Gasteiger partial charge in [0.2, 0.25) is 11.4 Å². The van der Waals surface area contributed by atoms with Crippen molar-refractivity contribution in [1.82, 2.24) is 0 Å². The van der Waals surface area contributed by atoms with Gasteiger partial charge in [-0.15, -0.1) is 0 Å². The zero-order chi connectivity index (χ0) is 33.8. The summed E-state index contributed by atoms with van der Waals surface area (Å²) >= 11 is 0. The predicted octanol–water partition coefficient (Wildman–Crippen LogP) is 14.7. The van der Waals surface area contributed by atoms with Crippen LogP contribution in [0.1, 0.15) is 179 Å². The molecule has 0 bridgehead atoms. The first-order valence-corrected chi connectivity index (χ1v) is 19.2. The average molecular weight is 686 g/mol. The standard InChI is InChI=1S/C30H40N2.2C7H15.Ni/c1-4-7-10-11-15-25-17-13-20-27(22-25)30-28(18-9-6-3)23-29(32(30)31)26-19-12-16-24(21-26)14-8-5-2;2*1-3-5-7-6-4-2;/h12-13,16-17,19-23H,4-11,14-15,18H2,1-3H3;2*1,3-7H2,2H3;/q;2*-1;+2. The second-order valence-electron chi connectivity index (χ2n) is 13.0. The fourth-order valence-electron chi connectivity index (χ4n) is 5.73. The molecule has 1 aliphatic heterocycles. The molecule has 1 heterocycles. The van der Waals surface area contributed by atoms with Crippen molar-refractivity contribution < 1.29 is 21.2 Å². The summed E-state index contributed by atoms with van der Waals surface area (Å²) in [6.45, 7) is 18.7. The Kier molecular flexibility index (Phi) is 28.8. The van der Waals surface area contributed by atoms with E-state index in [0.29, 0.717) is 0 Å². The smallest absolute Gasteiger partial charge is 0.493 e. The van der Waals surface area contributed by atoms with Crippen LogP contribution < -0.4 is 0 Å². The second kappa shape index (κ2) is 30.1. The summed E-state index contributed by atoms with van der Waals surface area (Å²) in [6, 6.07) is 17.5. The van der Waals surface area contributed by atoms with Gasteiger partial charge in [-0.05, 0) is 73.9 Å². The van der Waals surface area contributed by atoms with Crippen LogP contribution in [0.15, 0.2) is 60.2 Å². The van der Waals surface area contributed by atoms with Crippen molar-refractivity contribution in [3.63, 3.8) is 0 Å². The summed E-state index contributed by atoms with van der Waals surface area (Å²) in [6.07, 6.45) is 28.2. The molecule has 0 radical (unpaired) electrons. The maximum atomic E-state index is 11.3. The summed E-state index contributed by atoms with van der Waals surface area (Å²) in [5, 5.41) is 0. The van der Waals surface area contributed by atoms with E-state index in [4.69, 9.17) is 0 Å². The summed E-state index contributed by atoms with van der Waals surface area (Å²) in [7, 11) is 0. The molecule has 1 aliphatic rings. The predicted molar refractivity (Wildman–Crippen MR) is 206 cm³/mol. The molecule has 0 fully saturated rings. The summed E-state index contributed by atoms with van der Waals surface area (Å²) in [5.41, 5.74) is 19.4. The molecular weight excluding hydrogens is 615 g/mol. The number of unbranched alkanes of at least 4 members (excludes halogenated alkanes) is 13. The zero-order valence-electron chi connectivity index (χ0n) is 31.2. The molecule has 2 aromatic rings. The van der Waals surface area contributed by atoms with Gasteiger partial charge in [-0.25, -0.2) is 4.70 Å². The van der Waals surface area contributed by atoms with Crippen LogP contribution >= 0.6 is 0 Å². The Hall–Kier alpha value is -1.99. The normalized spacial score (nSPS) is 12.1. The van der Waals surface area contributed by atoms with Gasteiger partial charge in [0.05, 0.1) is 0 Å². The third kappa shape index (κ3) is 19.0. The Labute approximate surface area is 302 Å². The summed E-state index contributed by atoms with van der Waals surface area (Å²) < 4.78 is 1.44. The van der Waals surface area contributed by atoms with Crippen molar-refractivity contribution in [1.29, 1.82) is 0 Å². The number of hydrogen-bond acceptors (Lipinski definition) is 0. The average Bonchev–Trinajstić information content (AvgIpc) is 3.41. The molecule has 3 rings (SSSR count). The van der Waals surface area contributed by atoms with Gasteiger partial charge in [0, 0.05) is 22.8 Å². The maximum absolute atomic E-state index is 11.3. The first kappa shape index (κ1) is 45.0. The first-order valence-electron chi connectivity index (χ1n) is 19.2. The van der Waals surface area contributed by atoms with Crippen molar-refractivity contribution in [3.05, 3.63) is 102 Å². The van der Waals surface area contributed by atoms with Crippen LogP contribution in [-0.2, 0) is 29.3 Å². The molecule has 0 aromatic heterocycles. The Morgan fingerprint density at radius 2 is 0.979 bits per heavy atom. The minimum atomic E-state index is 0. The van der Waals surface area contributed by atoms with Crippen LogP contribution in [0.5, 0.6) is 0 Å². The van der Waals surface area contributed by atoms with Gasteiger partial charge in [-0.2, -0.15) is 12.8 Å². The van der Waals surface area contributed by atoms with Gasteiger partial charge in [0.25, 0.3) is 0 Å². The molecule has 0 saturated heterocycles. The molecule has 3 heteroatoms. The molecule has 0 saturated carbocycles. The monoisotopic (exact) mass is 684 g/mol. The van der Waals surface area contributed by atoms with Crippen LogP contribution in [0.2, 0.25) is 0 Å². The van der Waals surface area contributed by atoms with Crippen molar-refractivity contribution >= 4 is 11.4 Å². The first-order chi connectivity index (χ1) is 22.5. The van der Waals surface area contributed by atoms with Crippen LogP contribution in [0.4, 0.5) is 0 Å². The molecule has 0 unspecified atom stereocenters. The number of rotatable bonds is 21. The molecule has 2 aromatic carbocycles. The second-order valence-corrected chi connectivity index (χ2v) is 13.0. The van der Waals surface area contributed by atoms with Gasteiger partial charge >= 0.3 is 16.5 Å². The minimum Gasteiger partial charge on any atom is -0.493 e. The van der Waals surface area contributed by atoms with Crippen molar-refractivity contribution in [2.24, 2.45) is 0 Å². The Bertz CT molecular complexity index is 1110. The van der Waals surface area contributed by atoms with Crippen molar-refractivity contribution in [3.8, 4) is 0 Å². The quantitative estimate of drug-likeness (QED) is 0.0541. The molecule has 0 amide bonds. The van der Waals surface area contributed by atoms with Crippen LogP contribution in [0.25, 0.3) is 16.9 Å². The number of hydrogen-bond donors (Lipinski definition) is 0. The minimum absolute atomic E-state index is 0. The van der Waals surface area contributed by atoms with E-state index in [1.54, 1.807) is 0 Å². The SMILES string of the molecule is CCCCCCc1cccc(C2=C(CCCC)C=C(c3cccc(CCCC)c3)[N+]2=[N-])c1.[CH2-]CCCCCC.[CH2-]CCCCCC.[Ni+2]. The van der Waals surface area contributed by atoms with Crippen molar-refractivity contribution in [2.45, 2.75) is 169 Å². The fourth-order valence-corrected chi connectivity index (χ4v) is 5.73. The molecular formula is C44H70N2Ni. The summed E-state index contributed by atoms with van der Waals surface area (Å²) in [5.74, 6) is 0. The topological polar surface area (TPSA) is 25.3 Å². The van der Waals surface area contributed by atoms with Gasteiger partial charge in [-0.3, -0.25) is 0 Å². The van der Waals surface area contributed by atoms with Gasteiger partial charge in [0.1, 0.15) is 0 Å².